The minimum absolute atomic E-state index is 0.471. The van der Waals surface area contributed by atoms with Gasteiger partial charge in [0.15, 0.2) is 5.82 Å². The molecule has 1 atom stereocenters. The van der Waals surface area contributed by atoms with Crippen molar-refractivity contribution in [1.29, 1.82) is 0 Å². The largest absolute Gasteiger partial charge is 0.326 e. The molecule has 1 aliphatic rings. The molecule has 0 saturated heterocycles. The van der Waals surface area contributed by atoms with Crippen molar-refractivity contribution in [2.24, 2.45) is 5.73 Å². The first-order valence-electron chi connectivity index (χ1n) is 6.52. The fourth-order valence-corrected chi connectivity index (χ4v) is 2.47. The van der Waals surface area contributed by atoms with Crippen molar-refractivity contribution in [1.82, 2.24) is 14.8 Å². The van der Waals surface area contributed by atoms with Crippen LogP contribution in [0.1, 0.15) is 37.2 Å². The van der Waals surface area contributed by atoms with Gasteiger partial charge in [0.25, 0.3) is 0 Å². The number of fused-ring (bicyclic) bond motifs is 1. The number of hydrogen-bond acceptors (Lipinski definition) is 3. The molecular formula is C14H18N4. The summed E-state index contributed by atoms with van der Waals surface area (Å²) in [5.74, 6) is 1.95. The molecule has 3 rings (SSSR count). The Kier molecular flexibility index (Phi) is 2.88. The molecule has 18 heavy (non-hydrogen) atoms. The van der Waals surface area contributed by atoms with E-state index in [1.807, 2.05) is 24.3 Å². The quantitative estimate of drug-likeness (QED) is 0.879. The molecule has 1 unspecified atom stereocenters. The lowest BCUT2D eigenvalue weighted by Gasteiger charge is -2.18. The van der Waals surface area contributed by atoms with Gasteiger partial charge in [0.2, 0.25) is 0 Å². The Bertz CT molecular complexity index is 541. The Morgan fingerprint density at radius 2 is 2.11 bits per heavy atom. The monoisotopic (exact) mass is 242 g/mol. The summed E-state index contributed by atoms with van der Waals surface area (Å²) in [6, 6.07) is 8.65. The van der Waals surface area contributed by atoms with Crippen LogP contribution in [-0.4, -0.2) is 14.8 Å². The first-order valence-corrected chi connectivity index (χ1v) is 6.52. The van der Waals surface area contributed by atoms with Crippen LogP contribution >= 0.6 is 0 Å². The number of rotatable bonds is 2. The standard InChI is InChI=1S/C14H18N4/c1-10-3-2-4-13-16-14(17-18(10)13)12-7-5-11(9-15)6-8-12/h5-8,10H,2-4,9,15H2,1H3. The van der Waals surface area contributed by atoms with E-state index in [0.717, 1.165) is 29.2 Å². The highest BCUT2D eigenvalue weighted by Crippen LogP contribution is 2.25. The number of aryl methyl sites for hydroxylation is 1. The maximum absolute atomic E-state index is 5.60. The van der Waals surface area contributed by atoms with Crippen LogP contribution in [0.5, 0.6) is 0 Å². The molecule has 1 aromatic heterocycles. The molecule has 0 spiro atoms. The second-order valence-electron chi connectivity index (χ2n) is 4.94. The van der Waals surface area contributed by atoms with Gasteiger partial charge in [-0.05, 0) is 25.3 Å². The molecule has 4 nitrogen and oxygen atoms in total. The SMILES string of the molecule is CC1CCCc2nc(-c3ccc(CN)cc3)nn21. The van der Waals surface area contributed by atoms with Crippen LogP contribution < -0.4 is 5.73 Å². The fraction of sp³-hybridized carbons (Fsp3) is 0.429. The molecule has 94 valence electrons. The Hall–Kier alpha value is -1.68. The summed E-state index contributed by atoms with van der Waals surface area (Å²) in [5, 5.41) is 4.63. The lowest BCUT2D eigenvalue weighted by atomic mass is 10.1. The van der Waals surface area contributed by atoms with Crippen molar-refractivity contribution in [3.05, 3.63) is 35.7 Å². The third-order valence-electron chi connectivity index (χ3n) is 3.59. The van der Waals surface area contributed by atoms with Crippen LogP contribution in [0.3, 0.4) is 0 Å². The molecule has 0 aliphatic carbocycles. The topological polar surface area (TPSA) is 56.7 Å². The molecular weight excluding hydrogens is 224 g/mol. The van der Waals surface area contributed by atoms with Crippen molar-refractivity contribution >= 4 is 0 Å². The maximum Gasteiger partial charge on any atom is 0.181 e. The molecule has 0 radical (unpaired) electrons. The Morgan fingerprint density at radius 1 is 1.33 bits per heavy atom. The van der Waals surface area contributed by atoms with Gasteiger partial charge in [0.1, 0.15) is 5.82 Å². The third kappa shape index (κ3) is 1.93. The van der Waals surface area contributed by atoms with E-state index in [4.69, 9.17) is 5.73 Å². The van der Waals surface area contributed by atoms with E-state index in [1.54, 1.807) is 0 Å². The van der Waals surface area contributed by atoms with Crippen molar-refractivity contribution in [3.8, 4) is 11.4 Å². The molecule has 4 heteroatoms. The average Bonchev–Trinajstić information content (AvgIpc) is 2.84. The van der Waals surface area contributed by atoms with E-state index < -0.39 is 0 Å². The molecule has 0 amide bonds. The molecule has 2 aromatic rings. The second-order valence-corrected chi connectivity index (χ2v) is 4.94. The minimum atomic E-state index is 0.471. The van der Waals surface area contributed by atoms with Crippen LogP contribution in [0.2, 0.25) is 0 Å². The van der Waals surface area contributed by atoms with E-state index in [0.29, 0.717) is 12.6 Å². The van der Waals surface area contributed by atoms with Gasteiger partial charge in [-0.25, -0.2) is 9.67 Å². The minimum Gasteiger partial charge on any atom is -0.326 e. The maximum atomic E-state index is 5.60. The number of nitrogens with zero attached hydrogens (tertiary/aromatic N) is 3. The Labute approximate surface area is 107 Å². The molecule has 2 N–H and O–H groups in total. The van der Waals surface area contributed by atoms with Gasteiger partial charge < -0.3 is 5.73 Å². The van der Waals surface area contributed by atoms with Gasteiger partial charge in [-0.1, -0.05) is 24.3 Å². The molecule has 2 heterocycles. The molecule has 0 fully saturated rings. The summed E-state index contributed by atoms with van der Waals surface area (Å²) < 4.78 is 2.08. The predicted molar refractivity (Wildman–Crippen MR) is 71.0 cm³/mol. The summed E-state index contributed by atoms with van der Waals surface area (Å²) in [5.41, 5.74) is 7.81. The molecule has 0 bridgehead atoms. The molecule has 1 aliphatic heterocycles. The zero-order valence-electron chi connectivity index (χ0n) is 10.6. The van der Waals surface area contributed by atoms with Crippen LogP contribution in [0.4, 0.5) is 0 Å². The zero-order valence-corrected chi connectivity index (χ0v) is 10.6. The lowest BCUT2D eigenvalue weighted by Crippen LogP contribution is -2.16. The highest BCUT2D eigenvalue weighted by atomic mass is 15.4. The summed E-state index contributed by atoms with van der Waals surface area (Å²) >= 11 is 0. The first kappa shape index (κ1) is 11.4. The number of aromatic nitrogens is 3. The normalized spacial score (nSPS) is 18.7. The van der Waals surface area contributed by atoms with Gasteiger partial charge >= 0.3 is 0 Å². The number of benzene rings is 1. The van der Waals surface area contributed by atoms with E-state index in [2.05, 4.69) is 21.7 Å². The van der Waals surface area contributed by atoms with Crippen molar-refractivity contribution in [3.63, 3.8) is 0 Å². The summed E-state index contributed by atoms with van der Waals surface area (Å²) in [7, 11) is 0. The number of hydrogen-bond donors (Lipinski definition) is 1. The smallest absolute Gasteiger partial charge is 0.181 e. The fourth-order valence-electron chi connectivity index (χ4n) is 2.47. The van der Waals surface area contributed by atoms with Crippen molar-refractivity contribution < 1.29 is 0 Å². The van der Waals surface area contributed by atoms with Crippen LogP contribution in [-0.2, 0) is 13.0 Å². The van der Waals surface area contributed by atoms with E-state index in [-0.39, 0.29) is 0 Å². The lowest BCUT2D eigenvalue weighted by molar-refractivity contribution is 0.389. The third-order valence-corrected chi connectivity index (χ3v) is 3.59. The van der Waals surface area contributed by atoms with Gasteiger partial charge in [0.05, 0.1) is 6.04 Å². The predicted octanol–water partition coefficient (Wildman–Crippen LogP) is 2.30. The second kappa shape index (κ2) is 4.53. The first-order chi connectivity index (χ1) is 8.78. The molecule has 0 saturated carbocycles. The van der Waals surface area contributed by atoms with E-state index >= 15 is 0 Å². The average molecular weight is 242 g/mol. The zero-order chi connectivity index (χ0) is 12.5. The molecule has 1 aromatic carbocycles. The summed E-state index contributed by atoms with van der Waals surface area (Å²) in [4.78, 5) is 4.65. The highest BCUT2D eigenvalue weighted by Gasteiger charge is 2.19. The van der Waals surface area contributed by atoms with Gasteiger partial charge in [-0.3, -0.25) is 0 Å². The van der Waals surface area contributed by atoms with Crippen LogP contribution in [0.25, 0.3) is 11.4 Å². The van der Waals surface area contributed by atoms with Crippen LogP contribution in [0, 0.1) is 0 Å². The van der Waals surface area contributed by atoms with E-state index in [1.165, 1.54) is 12.8 Å². The van der Waals surface area contributed by atoms with Crippen molar-refractivity contribution in [2.45, 2.75) is 38.8 Å². The number of nitrogens with two attached hydrogens (primary N) is 1. The Balaban J connectivity index is 1.96. The van der Waals surface area contributed by atoms with Crippen LogP contribution in [0.15, 0.2) is 24.3 Å². The van der Waals surface area contributed by atoms with Crippen molar-refractivity contribution in [2.75, 3.05) is 0 Å². The highest BCUT2D eigenvalue weighted by molar-refractivity contribution is 5.55. The summed E-state index contributed by atoms with van der Waals surface area (Å²) in [6.45, 7) is 2.78. The van der Waals surface area contributed by atoms with Gasteiger partial charge in [-0.15, -0.1) is 0 Å². The summed E-state index contributed by atoms with van der Waals surface area (Å²) in [6.07, 6.45) is 3.45. The van der Waals surface area contributed by atoms with Gasteiger partial charge in [0, 0.05) is 18.5 Å². The van der Waals surface area contributed by atoms with E-state index in [9.17, 15) is 0 Å². The van der Waals surface area contributed by atoms with Gasteiger partial charge in [-0.2, -0.15) is 5.10 Å². The Morgan fingerprint density at radius 3 is 2.78 bits per heavy atom.